The Morgan fingerprint density at radius 2 is 1.79 bits per heavy atom. The summed E-state index contributed by atoms with van der Waals surface area (Å²) in [5, 5.41) is 4.40. The maximum atomic E-state index is 6.15. The number of hydrogen-bond donors (Lipinski definition) is 1. The molecule has 0 amide bonds. The van der Waals surface area contributed by atoms with Gasteiger partial charge in [0.15, 0.2) is 0 Å². The first kappa shape index (κ1) is 19.1. The van der Waals surface area contributed by atoms with Gasteiger partial charge in [-0.1, -0.05) is 43.0 Å². The van der Waals surface area contributed by atoms with Gasteiger partial charge in [0, 0.05) is 16.0 Å². The van der Waals surface area contributed by atoms with Gasteiger partial charge in [-0.15, -0.1) is 0 Å². The molecule has 1 aliphatic carbocycles. The van der Waals surface area contributed by atoms with E-state index in [1.807, 2.05) is 30.3 Å². The number of nitrogens with zero attached hydrogens (tertiary/aromatic N) is 1. The van der Waals surface area contributed by atoms with Crippen molar-refractivity contribution in [2.24, 2.45) is 10.4 Å². The Hall–Kier alpha value is -2.20. The van der Waals surface area contributed by atoms with Crippen LogP contribution < -0.4 is 14.8 Å². The molecule has 0 unspecified atom stereocenters. The lowest BCUT2D eigenvalue weighted by atomic mass is 9.67. The van der Waals surface area contributed by atoms with E-state index >= 15 is 0 Å². The molecule has 1 N–H and O–H groups in total. The van der Waals surface area contributed by atoms with Crippen molar-refractivity contribution >= 4 is 23.1 Å². The van der Waals surface area contributed by atoms with Crippen molar-refractivity contribution in [3.05, 3.63) is 52.5 Å². The molecule has 2 aromatic carbocycles. The number of rotatable bonds is 4. The maximum Gasteiger partial charge on any atom is 0.142 e. The van der Waals surface area contributed by atoms with E-state index in [1.165, 1.54) is 24.8 Å². The predicted octanol–water partition coefficient (Wildman–Crippen LogP) is 5.87. The van der Waals surface area contributed by atoms with Gasteiger partial charge in [-0.25, -0.2) is 0 Å². The van der Waals surface area contributed by atoms with Crippen LogP contribution in [0.5, 0.6) is 11.5 Å². The number of aliphatic imine (C=N–C) groups is 1. The molecular formula is C23H27ClN2O2. The zero-order valence-corrected chi connectivity index (χ0v) is 17.3. The van der Waals surface area contributed by atoms with E-state index in [9.17, 15) is 0 Å². The second-order valence-electron chi connectivity index (χ2n) is 7.76. The Balaban J connectivity index is 1.75. The Morgan fingerprint density at radius 1 is 1.04 bits per heavy atom. The van der Waals surface area contributed by atoms with Gasteiger partial charge in [-0.3, -0.25) is 4.99 Å². The highest BCUT2D eigenvalue weighted by Crippen LogP contribution is 2.49. The summed E-state index contributed by atoms with van der Waals surface area (Å²) in [6.07, 6.45) is 7.00. The van der Waals surface area contributed by atoms with Gasteiger partial charge in [0.25, 0.3) is 0 Å². The summed E-state index contributed by atoms with van der Waals surface area (Å²) in [6, 6.07) is 11.9. The van der Waals surface area contributed by atoms with Crippen LogP contribution in [0.1, 0.15) is 43.2 Å². The number of hydrogen-bond acceptors (Lipinski definition) is 3. The second-order valence-corrected chi connectivity index (χ2v) is 8.20. The molecule has 148 valence electrons. The SMILES string of the molecule is COc1ccc(OC)c2c1CC1(CCCCC1)C(=NCc1cccc(Cl)c1)N2. The Labute approximate surface area is 171 Å². The van der Waals surface area contributed by atoms with E-state index in [0.717, 1.165) is 52.9 Å². The van der Waals surface area contributed by atoms with Gasteiger partial charge in [0.1, 0.15) is 17.3 Å². The van der Waals surface area contributed by atoms with E-state index in [0.29, 0.717) is 6.54 Å². The molecule has 1 fully saturated rings. The summed E-state index contributed by atoms with van der Waals surface area (Å²) in [4.78, 5) is 5.05. The standard InChI is InChI=1S/C23H27ClN2O2/c1-27-19-9-10-20(28-2)21-18(19)14-23(11-4-3-5-12-23)22(26-21)25-15-16-7-6-8-17(24)13-16/h6-10,13H,3-5,11-12,14-15H2,1-2H3,(H,25,26). The van der Waals surface area contributed by atoms with Crippen molar-refractivity contribution in [1.82, 2.24) is 0 Å². The fourth-order valence-electron chi connectivity index (χ4n) is 4.61. The Morgan fingerprint density at radius 3 is 2.50 bits per heavy atom. The van der Waals surface area contributed by atoms with Crippen LogP contribution in [0, 0.1) is 5.41 Å². The van der Waals surface area contributed by atoms with Crippen LogP contribution in [-0.2, 0) is 13.0 Å². The highest BCUT2D eigenvalue weighted by atomic mass is 35.5. The van der Waals surface area contributed by atoms with Crippen LogP contribution >= 0.6 is 11.6 Å². The predicted molar refractivity (Wildman–Crippen MR) is 115 cm³/mol. The fourth-order valence-corrected chi connectivity index (χ4v) is 4.82. The molecule has 0 atom stereocenters. The molecule has 1 heterocycles. The molecular weight excluding hydrogens is 372 g/mol. The summed E-state index contributed by atoms with van der Waals surface area (Å²) in [5.41, 5.74) is 3.35. The zero-order valence-electron chi connectivity index (χ0n) is 16.6. The Bertz CT molecular complexity index is 888. The largest absolute Gasteiger partial charge is 0.496 e. The van der Waals surface area contributed by atoms with Crippen LogP contribution in [-0.4, -0.2) is 20.1 Å². The van der Waals surface area contributed by atoms with E-state index in [-0.39, 0.29) is 5.41 Å². The molecule has 4 nitrogen and oxygen atoms in total. The number of methoxy groups -OCH3 is 2. The van der Waals surface area contributed by atoms with Crippen LogP contribution in [0.25, 0.3) is 0 Å². The summed E-state index contributed by atoms with van der Waals surface area (Å²) < 4.78 is 11.3. The minimum absolute atomic E-state index is 0.0451. The number of nitrogens with one attached hydrogen (secondary N) is 1. The van der Waals surface area contributed by atoms with E-state index in [1.54, 1.807) is 14.2 Å². The van der Waals surface area contributed by atoms with Crippen molar-refractivity contribution in [2.75, 3.05) is 19.5 Å². The summed E-state index contributed by atoms with van der Waals surface area (Å²) in [7, 11) is 3.44. The second kappa shape index (κ2) is 8.04. The highest BCUT2D eigenvalue weighted by Gasteiger charge is 2.43. The lowest BCUT2D eigenvalue weighted by Gasteiger charge is -2.43. The van der Waals surface area contributed by atoms with Crippen molar-refractivity contribution < 1.29 is 9.47 Å². The summed E-state index contributed by atoms with van der Waals surface area (Å²) in [5.74, 6) is 2.82. The Kier molecular flexibility index (Phi) is 5.49. The zero-order chi connectivity index (χ0) is 19.6. The van der Waals surface area contributed by atoms with E-state index in [2.05, 4.69) is 11.4 Å². The van der Waals surface area contributed by atoms with Crippen molar-refractivity contribution in [1.29, 1.82) is 0 Å². The molecule has 2 aromatic rings. The lowest BCUT2D eigenvalue weighted by molar-refractivity contribution is 0.273. The number of halogens is 1. The number of benzene rings is 2. The normalized spacial score (nSPS) is 19.2. The number of amidine groups is 1. The van der Waals surface area contributed by atoms with Crippen molar-refractivity contribution in [3.63, 3.8) is 0 Å². The summed E-state index contributed by atoms with van der Waals surface area (Å²) in [6.45, 7) is 0.617. The van der Waals surface area contributed by atoms with Gasteiger partial charge in [0.2, 0.25) is 0 Å². The van der Waals surface area contributed by atoms with Crippen molar-refractivity contribution in [2.45, 2.75) is 45.1 Å². The van der Waals surface area contributed by atoms with E-state index < -0.39 is 0 Å². The third-order valence-corrected chi connectivity index (χ3v) is 6.29. The number of fused-ring (bicyclic) bond motifs is 1. The first-order valence-electron chi connectivity index (χ1n) is 9.95. The first-order chi connectivity index (χ1) is 13.6. The third kappa shape index (κ3) is 3.58. The highest BCUT2D eigenvalue weighted by molar-refractivity contribution is 6.30. The minimum Gasteiger partial charge on any atom is -0.496 e. The molecule has 0 bridgehead atoms. The van der Waals surface area contributed by atoms with Crippen LogP contribution in [0.2, 0.25) is 5.02 Å². The average Bonchev–Trinajstić information content (AvgIpc) is 2.72. The molecule has 5 heteroatoms. The fraction of sp³-hybridized carbons (Fsp3) is 0.435. The molecule has 4 rings (SSSR count). The van der Waals surface area contributed by atoms with Gasteiger partial charge in [-0.2, -0.15) is 0 Å². The molecule has 1 aliphatic heterocycles. The lowest BCUT2D eigenvalue weighted by Crippen LogP contribution is -2.43. The maximum absolute atomic E-state index is 6.15. The number of ether oxygens (including phenoxy) is 2. The van der Waals surface area contributed by atoms with Crippen LogP contribution in [0.15, 0.2) is 41.4 Å². The van der Waals surface area contributed by atoms with Gasteiger partial charge < -0.3 is 14.8 Å². The molecule has 28 heavy (non-hydrogen) atoms. The van der Waals surface area contributed by atoms with Crippen LogP contribution in [0.4, 0.5) is 5.69 Å². The molecule has 2 aliphatic rings. The number of anilines is 1. The quantitative estimate of drug-likeness (QED) is 0.699. The van der Waals surface area contributed by atoms with E-state index in [4.69, 9.17) is 26.1 Å². The molecule has 1 spiro atoms. The van der Waals surface area contributed by atoms with Gasteiger partial charge >= 0.3 is 0 Å². The van der Waals surface area contributed by atoms with Gasteiger partial charge in [0.05, 0.1) is 26.5 Å². The molecule has 1 saturated carbocycles. The van der Waals surface area contributed by atoms with Gasteiger partial charge in [-0.05, 0) is 49.1 Å². The molecule has 0 saturated heterocycles. The minimum atomic E-state index is 0.0451. The third-order valence-electron chi connectivity index (χ3n) is 6.05. The molecule has 0 radical (unpaired) electrons. The van der Waals surface area contributed by atoms with Crippen LogP contribution in [0.3, 0.4) is 0 Å². The smallest absolute Gasteiger partial charge is 0.142 e. The van der Waals surface area contributed by atoms with Crippen molar-refractivity contribution in [3.8, 4) is 11.5 Å². The molecule has 0 aromatic heterocycles. The average molecular weight is 399 g/mol. The monoisotopic (exact) mass is 398 g/mol. The first-order valence-corrected chi connectivity index (χ1v) is 10.3. The topological polar surface area (TPSA) is 42.9 Å². The summed E-state index contributed by atoms with van der Waals surface area (Å²) >= 11 is 6.15.